The minimum absolute atomic E-state index is 0.0935. The van der Waals surface area contributed by atoms with Gasteiger partial charge in [0.25, 0.3) is 11.1 Å². The Hall–Kier alpha value is -3.92. The molecule has 0 aliphatic heterocycles. The van der Waals surface area contributed by atoms with Crippen molar-refractivity contribution in [2.45, 2.75) is 0 Å². The van der Waals surface area contributed by atoms with E-state index in [4.69, 9.17) is 0 Å². The number of rotatable bonds is 1. The molecule has 0 saturated heterocycles. The summed E-state index contributed by atoms with van der Waals surface area (Å²) < 4.78 is 1.20. The Morgan fingerprint density at radius 2 is 1.92 bits per heavy atom. The van der Waals surface area contributed by atoms with E-state index in [9.17, 15) is 20.0 Å². The Bertz CT molecular complexity index is 1300. The number of aromatic hydroxyl groups is 1. The number of H-pyrrole nitrogens is 1. The minimum Gasteiger partial charge on any atom is -0.506 e. The van der Waals surface area contributed by atoms with Crippen molar-refractivity contribution in [2.75, 3.05) is 0 Å². The summed E-state index contributed by atoms with van der Waals surface area (Å²) in [7, 11) is 0. The molecule has 0 saturated carbocycles. The maximum atomic E-state index is 12.3. The Morgan fingerprint density at radius 3 is 2.64 bits per heavy atom. The molecule has 0 fully saturated rings. The molecule has 1 aromatic carbocycles. The molecule has 0 amide bonds. The Kier molecular flexibility index (Phi) is 3.12. The van der Waals surface area contributed by atoms with Crippen LogP contribution in [0.15, 0.2) is 58.3 Å². The van der Waals surface area contributed by atoms with Crippen LogP contribution >= 0.6 is 0 Å². The molecule has 0 bridgehead atoms. The van der Waals surface area contributed by atoms with E-state index < -0.39 is 22.4 Å². The molecule has 0 spiro atoms. The van der Waals surface area contributed by atoms with E-state index in [0.717, 1.165) is 5.56 Å². The first-order valence-electron chi connectivity index (χ1n) is 7.37. The summed E-state index contributed by atoms with van der Waals surface area (Å²) in [6, 6.07) is 13.7. The largest absolute Gasteiger partial charge is 0.506 e. The second-order valence-electron chi connectivity index (χ2n) is 5.41. The normalized spacial score (nSPS) is 10.8. The summed E-state index contributed by atoms with van der Waals surface area (Å²) in [6.07, 6.45) is 1.37. The molecule has 4 aromatic rings. The highest BCUT2D eigenvalue weighted by atomic mass is 16.3. The molecule has 3 heterocycles. The van der Waals surface area contributed by atoms with Gasteiger partial charge < -0.3 is 10.1 Å². The van der Waals surface area contributed by atoms with E-state index in [0.29, 0.717) is 11.2 Å². The smallest absolute Gasteiger partial charge is 0.271 e. The van der Waals surface area contributed by atoms with Gasteiger partial charge in [-0.2, -0.15) is 5.26 Å². The molecule has 0 unspecified atom stereocenters. The van der Waals surface area contributed by atoms with E-state index >= 15 is 0 Å². The van der Waals surface area contributed by atoms with Crippen LogP contribution < -0.4 is 11.1 Å². The van der Waals surface area contributed by atoms with Crippen molar-refractivity contribution in [3.05, 3.63) is 74.9 Å². The number of nitrogens with zero attached hydrogens (tertiary/aromatic N) is 3. The monoisotopic (exact) mass is 330 g/mol. The quantitative estimate of drug-likeness (QED) is 0.517. The highest BCUT2D eigenvalue weighted by Crippen LogP contribution is 2.34. The maximum absolute atomic E-state index is 12.3. The van der Waals surface area contributed by atoms with Crippen LogP contribution in [0.1, 0.15) is 5.56 Å². The lowest BCUT2D eigenvalue weighted by molar-refractivity contribution is 0.478. The molecule has 7 heteroatoms. The molecule has 0 aliphatic rings. The fourth-order valence-electron chi connectivity index (χ4n) is 2.90. The molecule has 120 valence electrons. The van der Waals surface area contributed by atoms with Crippen LogP contribution in [0.4, 0.5) is 0 Å². The molecule has 3 aromatic heterocycles. The van der Waals surface area contributed by atoms with Crippen LogP contribution in [0.3, 0.4) is 0 Å². The van der Waals surface area contributed by atoms with Gasteiger partial charge in [-0.1, -0.05) is 30.3 Å². The van der Waals surface area contributed by atoms with Gasteiger partial charge in [0.05, 0.1) is 5.39 Å². The lowest BCUT2D eigenvalue weighted by Crippen LogP contribution is -2.19. The van der Waals surface area contributed by atoms with Crippen LogP contribution in [0.5, 0.6) is 5.75 Å². The molecule has 4 rings (SSSR count). The molecule has 7 nitrogen and oxygen atoms in total. The van der Waals surface area contributed by atoms with Gasteiger partial charge in [0.15, 0.2) is 11.3 Å². The SMILES string of the molecule is N#Cc1c(O)c2c(-c3ccccc3)cc3nccc(=O)n3c2[nH]c1=O. The zero-order chi connectivity index (χ0) is 17.6. The maximum Gasteiger partial charge on any atom is 0.271 e. The third kappa shape index (κ3) is 2.09. The number of aromatic amines is 1. The molecule has 0 aliphatic carbocycles. The lowest BCUT2D eigenvalue weighted by atomic mass is 10.0. The van der Waals surface area contributed by atoms with Crippen LogP contribution in [0, 0.1) is 11.3 Å². The number of benzene rings is 1. The van der Waals surface area contributed by atoms with Crippen molar-refractivity contribution < 1.29 is 5.11 Å². The number of nitrogens with one attached hydrogen (secondary N) is 1. The van der Waals surface area contributed by atoms with Gasteiger partial charge in [-0.25, -0.2) is 9.38 Å². The second kappa shape index (κ2) is 5.32. The average molecular weight is 330 g/mol. The van der Waals surface area contributed by atoms with Gasteiger partial charge >= 0.3 is 0 Å². The van der Waals surface area contributed by atoms with Crippen LogP contribution in [-0.2, 0) is 0 Å². The van der Waals surface area contributed by atoms with E-state index in [-0.39, 0.29) is 11.0 Å². The lowest BCUT2D eigenvalue weighted by Gasteiger charge is -2.12. The highest BCUT2D eigenvalue weighted by Gasteiger charge is 2.19. The molecule has 0 radical (unpaired) electrons. The number of pyridine rings is 2. The molecular weight excluding hydrogens is 320 g/mol. The fourth-order valence-corrected chi connectivity index (χ4v) is 2.90. The predicted octanol–water partition coefficient (Wildman–Crippen LogP) is 1.78. The van der Waals surface area contributed by atoms with Crippen LogP contribution in [0.2, 0.25) is 0 Å². The molecule has 2 N–H and O–H groups in total. The second-order valence-corrected chi connectivity index (χ2v) is 5.41. The number of fused-ring (bicyclic) bond motifs is 3. The summed E-state index contributed by atoms with van der Waals surface area (Å²) in [4.78, 5) is 31.1. The summed E-state index contributed by atoms with van der Waals surface area (Å²) in [5.74, 6) is -0.460. The van der Waals surface area contributed by atoms with Crippen molar-refractivity contribution in [3.8, 4) is 22.9 Å². The number of nitriles is 1. The minimum atomic E-state index is -0.769. The van der Waals surface area contributed by atoms with E-state index in [1.54, 1.807) is 12.1 Å². The highest BCUT2D eigenvalue weighted by molar-refractivity contribution is 6.00. The Labute approximate surface area is 140 Å². The van der Waals surface area contributed by atoms with Crippen molar-refractivity contribution in [1.29, 1.82) is 5.26 Å². The Balaban J connectivity index is 2.35. The van der Waals surface area contributed by atoms with Crippen LogP contribution in [-0.4, -0.2) is 19.5 Å². The third-order valence-corrected chi connectivity index (χ3v) is 4.01. The molecule has 25 heavy (non-hydrogen) atoms. The van der Waals surface area contributed by atoms with Gasteiger partial charge in [-0.15, -0.1) is 0 Å². The third-order valence-electron chi connectivity index (χ3n) is 4.01. The zero-order valence-electron chi connectivity index (χ0n) is 12.7. The standard InChI is InChI=1S/C18H10N4O3/c19-9-12-16(24)15-11(10-4-2-1-3-5-10)8-13-20-7-6-14(23)22(13)17(15)21-18(12)25/h1-8H,(H2,21,24,25). The van der Waals surface area contributed by atoms with Gasteiger partial charge in [0, 0.05) is 17.8 Å². The first kappa shape index (κ1) is 14.7. The van der Waals surface area contributed by atoms with E-state index in [1.807, 2.05) is 30.3 Å². The predicted molar refractivity (Wildman–Crippen MR) is 91.4 cm³/mol. The van der Waals surface area contributed by atoms with Gasteiger partial charge in [0.2, 0.25) is 0 Å². The topological polar surface area (TPSA) is 111 Å². The molecule has 0 atom stereocenters. The Morgan fingerprint density at radius 1 is 1.16 bits per heavy atom. The number of hydrogen-bond donors (Lipinski definition) is 2. The van der Waals surface area contributed by atoms with Crippen molar-refractivity contribution in [3.63, 3.8) is 0 Å². The van der Waals surface area contributed by atoms with Gasteiger partial charge in [0.1, 0.15) is 17.4 Å². The average Bonchev–Trinajstić information content (AvgIpc) is 2.62. The summed E-state index contributed by atoms with van der Waals surface area (Å²) >= 11 is 0. The molecular formula is C18H10N4O3. The van der Waals surface area contributed by atoms with Gasteiger partial charge in [-0.3, -0.25) is 9.59 Å². The zero-order valence-corrected chi connectivity index (χ0v) is 12.7. The van der Waals surface area contributed by atoms with Crippen LogP contribution in [0.25, 0.3) is 27.8 Å². The first-order valence-corrected chi connectivity index (χ1v) is 7.37. The summed E-state index contributed by atoms with van der Waals surface area (Å²) in [5.41, 5.74) is 0.137. The number of aromatic nitrogens is 3. The van der Waals surface area contributed by atoms with Crippen molar-refractivity contribution >= 4 is 16.7 Å². The fraction of sp³-hybridized carbons (Fsp3) is 0. The van der Waals surface area contributed by atoms with Crippen molar-refractivity contribution in [1.82, 2.24) is 14.4 Å². The van der Waals surface area contributed by atoms with E-state index in [2.05, 4.69) is 9.97 Å². The van der Waals surface area contributed by atoms with Crippen molar-refractivity contribution in [2.24, 2.45) is 0 Å². The van der Waals surface area contributed by atoms with E-state index in [1.165, 1.54) is 16.7 Å². The summed E-state index contributed by atoms with van der Waals surface area (Å²) in [6.45, 7) is 0. The van der Waals surface area contributed by atoms with Gasteiger partial charge in [-0.05, 0) is 11.6 Å². The first-order chi connectivity index (χ1) is 12.1. The number of hydrogen-bond acceptors (Lipinski definition) is 5. The summed E-state index contributed by atoms with van der Waals surface area (Å²) in [5, 5.41) is 19.9.